The Bertz CT molecular complexity index is 626. The molecule has 0 N–H and O–H groups in total. The van der Waals surface area contributed by atoms with E-state index in [1.807, 2.05) is 0 Å². The van der Waals surface area contributed by atoms with Crippen LogP contribution < -0.4 is 4.74 Å². The summed E-state index contributed by atoms with van der Waals surface area (Å²) >= 11 is -0.0812. The second-order valence-corrected chi connectivity index (χ2v) is 3.77. The van der Waals surface area contributed by atoms with Crippen molar-refractivity contribution in [2.24, 2.45) is 0 Å². The summed E-state index contributed by atoms with van der Waals surface area (Å²) in [5.74, 6) is 0.482. The third-order valence-electron chi connectivity index (χ3n) is 2.30. The first-order valence-electron chi connectivity index (χ1n) is 4.84. The monoisotopic (exact) mass is 269 g/mol. The molecule has 8 heteroatoms. The Kier molecular flexibility index (Phi) is 3.47. The Morgan fingerprint density at radius 1 is 1.61 bits per heavy atom. The third-order valence-corrected chi connectivity index (χ3v) is 2.71. The van der Waals surface area contributed by atoms with Gasteiger partial charge in [0.15, 0.2) is 12.3 Å². The molecule has 2 aromatic rings. The van der Waals surface area contributed by atoms with Crippen LogP contribution in [0.25, 0.3) is 17.0 Å². The van der Waals surface area contributed by atoms with Gasteiger partial charge in [0.1, 0.15) is 11.4 Å². The third kappa shape index (κ3) is 2.14. The number of hydrogen-bond acceptors (Lipinski definition) is 5. The SMILES string of the molecule is COc1cccc2c1c(/C=C/[N+](=O)[O-])nn2SF. The Hall–Kier alpha value is -2.09. The molecule has 0 aliphatic rings. The van der Waals surface area contributed by atoms with E-state index in [1.54, 1.807) is 18.2 Å². The van der Waals surface area contributed by atoms with E-state index in [9.17, 15) is 14.0 Å². The lowest BCUT2D eigenvalue weighted by molar-refractivity contribution is -0.400. The zero-order valence-corrected chi connectivity index (χ0v) is 10.1. The van der Waals surface area contributed by atoms with Gasteiger partial charge in [-0.15, -0.1) is 3.89 Å². The van der Waals surface area contributed by atoms with Crippen LogP contribution >= 0.6 is 12.3 Å². The second-order valence-electron chi connectivity index (χ2n) is 3.28. The zero-order chi connectivity index (χ0) is 13.1. The number of rotatable bonds is 4. The second kappa shape index (κ2) is 5.05. The van der Waals surface area contributed by atoms with Crippen molar-refractivity contribution in [3.05, 3.63) is 40.2 Å². The minimum Gasteiger partial charge on any atom is -0.496 e. The number of nitrogens with zero attached hydrogens (tertiary/aromatic N) is 3. The number of hydrogen-bond donors (Lipinski definition) is 0. The van der Waals surface area contributed by atoms with Gasteiger partial charge in [0.05, 0.1) is 22.9 Å². The first kappa shape index (κ1) is 12.4. The minimum atomic E-state index is -0.608. The van der Waals surface area contributed by atoms with Gasteiger partial charge >= 0.3 is 0 Å². The number of aromatic nitrogens is 2. The molecule has 1 aromatic heterocycles. The molecule has 6 nitrogen and oxygen atoms in total. The molecule has 0 fully saturated rings. The van der Waals surface area contributed by atoms with Gasteiger partial charge in [-0.05, 0) is 12.1 Å². The van der Waals surface area contributed by atoms with Crippen LogP contribution in [0.1, 0.15) is 5.69 Å². The molecule has 2 rings (SSSR count). The Balaban J connectivity index is 2.68. The lowest BCUT2D eigenvalue weighted by Crippen LogP contribution is -1.86. The van der Waals surface area contributed by atoms with Gasteiger partial charge in [-0.2, -0.15) is 9.19 Å². The maximum atomic E-state index is 12.7. The molecule has 0 aliphatic heterocycles. The number of nitro groups is 1. The maximum absolute atomic E-state index is 12.7. The zero-order valence-electron chi connectivity index (χ0n) is 9.24. The molecule has 1 heterocycles. The van der Waals surface area contributed by atoms with Gasteiger partial charge in [-0.3, -0.25) is 10.1 Å². The molecule has 94 valence electrons. The predicted octanol–water partition coefficient (Wildman–Crippen LogP) is 2.67. The van der Waals surface area contributed by atoms with Crippen molar-refractivity contribution in [2.45, 2.75) is 0 Å². The fraction of sp³-hybridized carbons (Fsp3) is 0.100. The van der Waals surface area contributed by atoms with Crippen molar-refractivity contribution in [3.63, 3.8) is 0 Å². The van der Waals surface area contributed by atoms with E-state index in [0.29, 0.717) is 16.7 Å². The lowest BCUT2D eigenvalue weighted by atomic mass is 10.2. The first-order chi connectivity index (χ1) is 8.67. The molecule has 0 amide bonds. The molecule has 1 aromatic carbocycles. The van der Waals surface area contributed by atoms with Gasteiger partial charge in [-0.25, -0.2) is 0 Å². The highest BCUT2D eigenvalue weighted by Crippen LogP contribution is 2.31. The van der Waals surface area contributed by atoms with Crippen LogP contribution in [0.2, 0.25) is 0 Å². The molecule has 0 radical (unpaired) electrons. The highest BCUT2D eigenvalue weighted by atomic mass is 32.2. The highest BCUT2D eigenvalue weighted by molar-refractivity contribution is 7.92. The van der Waals surface area contributed by atoms with Crippen LogP contribution in [-0.2, 0) is 0 Å². The number of fused-ring (bicyclic) bond motifs is 1. The van der Waals surface area contributed by atoms with Crippen molar-refractivity contribution in [1.82, 2.24) is 9.19 Å². The van der Waals surface area contributed by atoms with E-state index in [-0.39, 0.29) is 18.0 Å². The number of ether oxygens (including phenoxy) is 1. The maximum Gasteiger partial charge on any atom is 0.236 e. The topological polar surface area (TPSA) is 70.2 Å². The molecule has 0 spiro atoms. The molecule has 0 bridgehead atoms. The van der Waals surface area contributed by atoms with Crippen molar-refractivity contribution >= 4 is 29.3 Å². The average molecular weight is 269 g/mol. The molecule has 0 aliphatic carbocycles. The first-order valence-corrected chi connectivity index (χ1v) is 5.51. The summed E-state index contributed by atoms with van der Waals surface area (Å²) in [6.45, 7) is 0. The van der Waals surface area contributed by atoms with E-state index in [0.717, 1.165) is 10.3 Å². The standard InChI is InChI=1S/C10H8FN3O3S/c1-17-9-4-2-3-8-10(9)7(5-6-13(15)16)12-14(8)18-11/h2-6H,1H3/b6-5+. The fourth-order valence-corrected chi connectivity index (χ4v) is 1.95. The molecular formula is C10H8FN3O3S. The van der Waals surface area contributed by atoms with Gasteiger partial charge in [0, 0.05) is 6.08 Å². The van der Waals surface area contributed by atoms with Gasteiger partial charge in [0.2, 0.25) is 6.20 Å². The Morgan fingerprint density at radius 3 is 3.00 bits per heavy atom. The smallest absolute Gasteiger partial charge is 0.236 e. The average Bonchev–Trinajstić information content (AvgIpc) is 2.74. The van der Waals surface area contributed by atoms with Crippen molar-refractivity contribution < 1.29 is 13.5 Å². The largest absolute Gasteiger partial charge is 0.496 e. The summed E-state index contributed by atoms with van der Waals surface area (Å²) in [5.41, 5.74) is 0.772. The number of halogens is 1. The van der Waals surface area contributed by atoms with Crippen molar-refractivity contribution in [3.8, 4) is 5.75 Å². The minimum absolute atomic E-state index is 0.0812. The van der Waals surface area contributed by atoms with E-state index in [4.69, 9.17) is 4.74 Å². The van der Waals surface area contributed by atoms with Crippen molar-refractivity contribution in [2.75, 3.05) is 7.11 Å². The van der Waals surface area contributed by atoms with Crippen LogP contribution in [0.3, 0.4) is 0 Å². The van der Waals surface area contributed by atoms with E-state index < -0.39 is 4.92 Å². The highest BCUT2D eigenvalue weighted by Gasteiger charge is 2.14. The summed E-state index contributed by atoms with van der Waals surface area (Å²) in [5, 5.41) is 14.8. The quantitative estimate of drug-likeness (QED) is 0.630. The van der Waals surface area contributed by atoms with E-state index >= 15 is 0 Å². The number of methoxy groups -OCH3 is 1. The lowest BCUT2D eigenvalue weighted by Gasteiger charge is -2.01. The van der Waals surface area contributed by atoms with Gasteiger partial charge in [-0.1, -0.05) is 6.07 Å². The van der Waals surface area contributed by atoms with Crippen LogP contribution in [0, 0.1) is 10.1 Å². The molecular weight excluding hydrogens is 261 g/mol. The van der Waals surface area contributed by atoms with Gasteiger partial charge in [0.25, 0.3) is 0 Å². The Labute approximate surface area is 106 Å². The van der Waals surface area contributed by atoms with Crippen molar-refractivity contribution in [1.29, 1.82) is 0 Å². The molecule has 0 atom stereocenters. The molecule has 0 unspecified atom stereocenters. The van der Waals surface area contributed by atoms with Crippen LogP contribution in [0.4, 0.5) is 3.89 Å². The Morgan fingerprint density at radius 2 is 2.39 bits per heavy atom. The molecule has 0 saturated heterocycles. The molecule has 0 saturated carbocycles. The van der Waals surface area contributed by atoms with Crippen LogP contribution in [0.5, 0.6) is 5.75 Å². The van der Waals surface area contributed by atoms with E-state index in [1.165, 1.54) is 13.2 Å². The summed E-state index contributed by atoms with van der Waals surface area (Å²) < 4.78 is 18.9. The summed E-state index contributed by atoms with van der Waals surface area (Å²) in [4.78, 5) is 9.70. The van der Waals surface area contributed by atoms with Crippen LogP contribution in [0.15, 0.2) is 24.4 Å². The van der Waals surface area contributed by atoms with Crippen LogP contribution in [-0.4, -0.2) is 21.2 Å². The van der Waals surface area contributed by atoms with E-state index in [2.05, 4.69) is 5.10 Å². The molecule has 18 heavy (non-hydrogen) atoms. The fourth-order valence-electron chi connectivity index (χ4n) is 1.61. The normalized spacial score (nSPS) is 11.2. The van der Waals surface area contributed by atoms with Gasteiger partial charge < -0.3 is 4.74 Å². The predicted molar refractivity (Wildman–Crippen MR) is 66.4 cm³/mol. The summed E-state index contributed by atoms with van der Waals surface area (Å²) in [7, 11) is 1.47. The summed E-state index contributed by atoms with van der Waals surface area (Å²) in [6.07, 6.45) is 1.96. The number of benzene rings is 1. The summed E-state index contributed by atoms with van der Waals surface area (Å²) in [6, 6.07) is 5.03.